The lowest BCUT2D eigenvalue weighted by molar-refractivity contribution is -0.114. The van der Waals surface area contributed by atoms with Crippen molar-refractivity contribution in [2.75, 3.05) is 10.6 Å². The summed E-state index contributed by atoms with van der Waals surface area (Å²) in [6.45, 7) is 1.43. The van der Waals surface area contributed by atoms with Crippen LogP contribution in [0, 0.1) is 0 Å². The van der Waals surface area contributed by atoms with E-state index in [1.54, 1.807) is 30.5 Å². The van der Waals surface area contributed by atoms with E-state index in [0.29, 0.717) is 16.9 Å². The normalized spacial score (nSPS) is 9.83. The lowest BCUT2D eigenvalue weighted by Crippen LogP contribution is -2.11. The summed E-state index contributed by atoms with van der Waals surface area (Å²) in [5, 5.41) is 11.6. The molecule has 0 atom stereocenters. The van der Waals surface area contributed by atoms with Crippen molar-refractivity contribution in [2.45, 2.75) is 6.92 Å². The molecule has 1 aromatic heterocycles. The van der Waals surface area contributed by atoms with Crippen LogP contribution in [0.2, 0.25) is 0 Å². The third-order valence-electron chi connectivity index (χ3n) is 2.22. The van der Waals surface area contributed by atoms with Crippen LogP contribution in [0.3, 0.4) is 0 Å². The first-order valence-corrected chi connectivity index (χ1v) is 5.33. The van der Waals surface area contributed by atoms with E-state index >= 15 is 0 Å². The summed E-state index contributed by atoms with van der Waals surface area (Å²) in [5.74, 6) is -0.378. The number of benzene rings is 1. The maximum atomic E-state index is 11.8. The lowest BCUT2D eigenvalue weighted by Gasteiger charge is -2.04. The number of anilines is 2. The van der Waals surface area contributed by atoms with Gasteiger partial charge in [0.2, 0.25) is 5.91 Å². The van der Waals surface area contributed by atoms with Crippen molar-refractivity contribution in [3.8, 4) is 0 Å². The van der Waals surface area contributed by atoms with E-state index in [2.05, 4.69) is 20.8 Å². The van der Waals surface area contributed by atoms with Gasteiger partial charge < -0.3 is 10.6 Å². The molecule has 92 valence electrons. The number of carbonyl (C=O) groups excluding carboxylic acids is 2. The molecule has 1 heterocycles. The van der Waals surface area contributed by atoms with Gasteiger partial charge in [-0.05, 0) is 24.3 Å². The molecule has 0 aliphatic rings. The van der Waals surface area contributed by atoms with Crippen molar-refractivity contribution in [2.24, 2.45) is 0 Å². The Labute approximate surface area is 103 Å². The molecule has 0 bridgehead atoms. The van der Waals surface area contributed by atoms with Gasteiger partial charge in [0.1, 0.15) is 0 Å². The van der Waals surface area contributed by atoms with Crippen LogP contribution in [0.25, 0.3) is 0 Å². The average Bonchev–Trinajstić information content (AvgIpc) is 2.82. The summed E-state index contributed by atoms with van der Waals surface area (Å²) in [6.07, 6.45) is 3.10. The van der Waals surface area contributed by atoms with Crippen molar-refractivity contribution in [1.82, 2.24) is 10.2 Å². The van der Waals surface area contributed by atoms with E-state index in [4.69, 9.17) is 0 Å². The van der Waals surface area contributed by atoms with E-state index in [9.17, 15) is 9.59 Å². The molecule has 0 spiro atoms. The summed E-state index contributed by atoms with van der Waals surface area (Å²) in [4.78, 5) is 22.6. The smallest absolute Gasteiger partial charge is 0.255 e. The van der Waals surface area contributed by atoms with Crippen LogP contribution in [0.5, 0.6) is 0 Å². The molecule has 18 heavy (non-hydrogen) atoms. The zero-order valence-electron chi connectivity index (χ0n) is 9.73. The molecule has 6 heteroatoms. The number of nitrogens with zero attached hydrogens (tertiary/aromatic N) is 1. The standard InChI is InChI=1S/C12H12N4O2/c1-8(17)15-10-4-2-9(3-5-10)12(18)16-11-6-13-14-7-11/h2-7H,1H3,(H,13,14)(H,15,17)(H,16,18). The average molecular weight is 244 g/mol. The van der Waals surface area contributed by atoms with Gasteiger partial charge in [0, 0.05) is 24.4 Å². The molecule has 2 aromatic rings. The molecule has 0 unspecified atom stereocenters. The number of carbonyl (C=O) groups is 2. The highest BCUT2D eigenvalue weighted by molar-refractivity contribution is 6.04. The summed E-state index contributed by atoms with van der Waals surface area (Å²) < 4.78 is 0. The maximum Gasteiger partial charge on any atom is 0.255 e. The Morgan fingerprint density at radius 3 is 2.39 bits per heavy atom. The minimum Gasteiger partial charge on any atom is -0.326 e. The predicted molar refractivity (Wildman–Crippen MR) is 67.3 cm³/mol. The van der Waals surface area contributed by atoms with E-state index in [1.807, 2.05) is 0 Å². The van der Waals surface area contributed by atoms with E-state index in [-0.39, 0.29) is 11.8 Å². The van der Waals surface area contributed by atoms with Gasteiger partial charge in [-0.3, -0.25) is 14.7 Å². The second-order valence-corrected chi connectivity index (χ2v) is 3.70. The molecule has 0 fully saturated rings. The van der Waals surface area contributed by atoms with Gasteiger partial charge in [-0.25, -0.2) is 0 Å². The van der Waals surface area contributed by atoms with Crippen LogP contribution >= 0.6 is 0 Å². The van der Waals surface area contributed by atoms with Crippen LogP contribution in [-0.4, -0.2) is 22.0 Å². The van der Waals surface area contributed by atoms with Crippen LogP contribution < -0.4 is 10.6 Å². The predicted octanol–water partition coefficient (Wildman–Crippen LogP) is 1.62. The zero-order chi connectivity index (χ0) is 13.0. The van der Waals surface area contributed by atoms with E-state index in [0.717, 1.165) is 0 Å². The highest BCUT2D eigenvalue weighted by Crippen LogP contribution is 2.11. The first-order valence-electron chi connectivity index (χ1n) is 5.33. The molecule has 0 saturated heterocycles. The number of H-pyrrole nitrogens is 1. The maximum absolute atomic E-state index is 11.8. The Bertz CT molecular complexity index is 546. The Balaban J connectivity index is 2.05. The highest BCUT2D eigenvalue weighted by atomic mass is 16.2. The quantitative estimate of drug-likeness (QED) is 0.766. The number of hydrogen-bond acceptors (Lipinski definition) is 3. The molecular weight excluding hydrogens is 232 g/mol. The van der Waals surface area contributed by atoms with Crippen molar-refractivity contribution >= 4 is 23.2 Å². The van der Waals surface area contributed by atoms with Gasteiger partial charge in [0.25, 0.3) is 5.91 Å². The van der Waals surface area contributed by atoms with Crippen molar-refractivity contribution in [3.63, 3.8) is 0 Å². The highest BCUT2D eigenvalue weighted by Gasteiger charge is 2.06. The topological polar surface area (TPSA) is 86.9 Å². The van der Waals surface area contributed by atoms with Gasteiger partial charge in [-0.15, -0.1) is 0 Å². The Morgan fingerprint density at radius 1 is 1.11 bits per heavy atom. The number of aromatic nitrogens is 2. The molecule has 2 amide bonds. The number of rotatable bonds is 3. The fraction of sp³-hybridized carbons (Fsp3) is 0.0833. The third-order valence-corrected chi connectivity index (χ3v) is 2.22. The molecule has 0 aliphatic heterocycles. The largest absolute Gasteiger partial charge is 0.326 e. The molecule has 0 aliphatic carbocycles. The number of nitrogens with one attached hydrogen (secondary N) is 3. The van der Waals surface area contributed by atoms with Gasteiger partial charge >= 0.3 is 0 Å². The van der Waals surface area contributed by atoms with Gasteiger partial charge in [0.05, 0.1) is 11.9 Å². The van der Waals surface area contributed by atoms with Gasteiger partial charge in [-0.1, -0.05) is 0 Å². The summed E-state index contributed by atoms with van der Waals surface area (Å²) >= 11 is 0. The van der Waals surface area contributed by atoms with Crippen LogP contribution in [0.15, 0.2) is 36.7 Å². The van der Waals surface area contributed by atoms with E-state index in [1.165, 1.54) is 13.1 Å². The Hall–Kier alpha value is -2.63. The van der Waals surface area contributed by atoms with Crippen LogP contribution in [0.4, 0.5) is 11.4 Å². The second-order valence-electron chi connectivity index (χ2n) is 3.70. The van der Waals surface area contributed by atoms with Crippen LogP contribution in [-0.2, 0) is 4.79 Å². The van der Waals surface area contributed by atoms with Crippen molar-refractivity contribution in [3.05, 3.63) is 42.2 Å². The fourth-order valence-electron chi connectivity index (χ4n) is 1.43. The third kappa shape index (κ3) is 2.94. The monoisotopic (exact) mass is 244 g/mol. The molecule has 3 N–H and O–H groups in total. The summed E-state index contributed by atoms with van der Waals surface area (Å²) in [5.41, 5.74) is 1.76. The molecule has 6 nitrogen and oxygen atoms in total. The Morgan fingerprint density at radius 2 is 1.83 bits per heavy atom. The van der Waals surface area contributed by atoms with Crippen LogP contribution in [0.1, 0.15) is 17.3 Å². The molecule has 1 aromatic carbocycles. The minimum absolute atomic E-state index is 0.148. The second kappa shape index (κ2) is 5.13. The molecular formula is C12H12N4O2. The fourth-order valence-corrected chi connectivity index (χ4v) is 1.43. The molecule has 0 radical (unpaired) electrons. The molecule has 0 saturated carbocycles. The first-order chi connectivity index (χ1) is 8.65. The zero-order valence-corrected chi connectivity index (χ0v) is 9.73. The van der Waals surface area contributed by atoms with Gasteiger partial charge in [-0.2, -0.15) is 5.10 Å². The first kappa shape index (κ1) is 11.8. The summed E-state index contributed by atoms with van der Waals surface area (Å²) in [6, 6.07) is 6.62. The lowest BCUT2D eigenvalue weighted by atomic mass is 10.2. The van der Waals surface area contributed by atoms with E-state index < -0.39 is 0 Å². The van der Waals surface area contributed by atoms with Crippen molar-refractivity contribution < 1.29 is 9.59 Å². The Kier molecular flexibility index (Phi) is 3.38. The van der Waals surface area contributed by atoms with Crippen molar-refractivity contribution in [1.29, 1.82) is 0 Å². The number of aromatic amines is 1. The molecule has 2 rings (SSSR count). The SMILES string of the molecule is CC(=O)Nc1ccc(C(=O)Nc2cn[nH]c2)cc1. The summed E-state index contributed by atoms with van der Waals surface area (Å²) in [7, 11) is 0. The van der Waals surface area contributed by atoms with Gasteiger partial charge in [0.15, 0.2) is 0 Å². The minimum atomic E-state index is -0.231. The number of amides is 2. The number of hydrogen-bond donors (Lipinski definition) is 3.